The maximum absolute atomic E-state index is 6.08. The first-order chi connectivity index (χ1) is 9.31. The van der Waals surface area contributed by atoms with Crippen molar-refractivity contribution in [3.8, 4) is 0 Å². The highest BCUT2D eigenvalue weighted by molar-refractivity contribution is 4.85. The zero-order chi connectivity index (χ0) is 13.5. The molecule has 0 radical (unpaired) electrons. The number of nitrogens with zero attached hydrogens (tertiary/aromatic N) is 1. The van der Waals surface area contributed by atoms with E-state index in [9.17, 15) is 0 Å². The van der Waals surface area contributed by atoms with Crippen LogP contribution in [0.1, 0.15) is 84.0 Å². The van der Waals surface area contributed by atoms with Crippen LogP contribution >= 0.6 is 0 Å². The van der Waals surface area contributed by atoms with E-state index in [4.69, 9.17) is 5.73 Å². The summed E-state index contributed by atoms with van der Waals surface area (Å²) in [5, 5.41) is 0. The Morgan fingerprint density at radius 2 is 1.32 bits per heavy atom. The van der Waals surface area contributed by atoms with Crippen molar-refractivity contribution in [3.63, 3.8) is 0 Å². The van der Waals surface area contributed by atoms with E-state index in [1.165, 1.54) is 83.6 Å². The Morgan fingerprint density at radius 1 is 0.789 bits per heavy atom. The summed E-state index contributed by atoms with van der Waals surface area (Å²) in [5.74, 6) is 0. The number of hydrogen-bond acceptors (Lipinski definition) is 2. The van der Waals surface area contributed by atoms with E-state index < -0.39 is 0 Å². The molecule has 2 aliphatic carbocycles. The van der Waals surface area contributed by atoms with Gasteiger partial charge in [-0.05, 0) is 51.5 Å². The Bertz CT molecular complexity index is 225. The van der Waals surface area contributed by atoms with Crippen LogP contribution in [0.3, 0.4) is 0 Å². The van der Waals surface area contributed by atoms with Gasteiger partial charge in [-0.1, -0.05) is 39.0 Å². The van der Waals surface area contributed by atoms with Gasteiger partial charge in [0.05, 0.1) is 0 Å². The molecule has 112 valence electrons. The molecule has 0 unspecified atom stereocenters. The molecule has 2 aliphatic rings. The van der Waals surface area contributed by atoms with Gasteiger partial charge in [-0.15, -0.1) is 0 Å². The van der Waals surface area contributed by atoms with Gasteiger partial charge in [0.25, 0.3) is 0 Å². The molecule has 2 nitrogen and oxygen atoms in total. The summed E-state index contributed by atoms with van der Waals surface area (Å²) < 4.78 is 0. The van der Waals surface area contributed by atoms with Crippen molar-refractivity contribution in [1.29, 1.82) is 0 Å². The predicted octanol–water partition coefficient (Wildman–Crippen LogP) is 4.08. The van der Waals surface area contributed by atoms with Crippen molar-refractivity contribution in [2.45, 2.75) is 102 Å². The molecular weight excluding hydrogens is 232 g/mol. The standard InChI is InChI=1S/C17H34N2/c1-2-14-19(17-12-10-15(18)11-13-17)16-8-6-4-3-5-7-9-16/h15-17H,2-14,18H2,1H3. The minimum Gasteiger partial charge on any atom is -0.328 e. The van der Waals surface area contributed by atoms with Gasteiger partial charge < -0.3 is 5.73 Å². The third-order valence-electron chi connectivity index (χ3n) is 5.24. The molecule has 2 rings (SSSR count). The lowest BCUT2D eigenvalue weighted by Gasteiger charge is -2.41. The van der Waals surface area contributed by atoms with Crippen LogP contribution in [0.5, 0.6) is 0 Å². The monoisotopic (exact) mass is 266 g/mol. The van der Waals surface area contributed by atoms with Crippen LogP contribution in [0.2, 0.25) is 0 Å². The first-order valence-electron chi connectivity index (χ1n) is 8.82. The topological polar surface area (TPSA) is 29.3 Å². The number of nitrogens with two attached hydrogens (primary N) is 1. The second kappa shape index (κ2) is 8.26. The van der Waals surface area contributed by atoms with Crippen molar-refractivity contribution in [2.75, 3.05) is 6.54 Å². The molecule has 0 aromatic rings. The van der Waals surface area contributed by atoms with Crippen LogP contribution in [-0.4, -0.2) is 29.6 Å². The van der Waals surface area contributed by atoms with Gasteiger partial charge >= 0.3 is 0 Å². The molecule has 0 aromatic carbocycles. The van der Waals surface area contributed by atoms with E-state index in [0.717, 1.165) is 12.1 Å². The minimum absolute atomic E-state index is 0.483. The SMILES string of the molecule is CCCN(C1CCCCCCC1)C1CCC(N)CC1. The van der Waals surface area contributed by atoms with Gasteiger partial charge in [-0.2, -0.15) is 0 Å². The van der Waals surface area contributed by atoms with E-state index in [0.29, 0.717) is 6.04 Å². The largest absolute Gasteiger partial charge is 0.328 e. The first-order valence-corrected chi connectivity index (χ1v) is 8.82. The molecule has 0 aromatic heterocycles. The summed E-state index contributed by atoms with van der Waals surface area (Å²) in [7, 11) is 0. The van der Waals surface area contributed by atoms with Crippen LogP contribution in [0.15, 0.2) is 0 Å². The third-order valence-corrected chi connectivity index (χ3v) is 5.24. The van der Waals surface area contributed by atoms with Crippen molar-refractivity contribution < 1.29 is 0 Å². The molecule has 2 N–H and O–H groups in total. The van der Waals surface area contributed by atoms with Gasteiger partial charge in [0, 0.05) is 18.1 Å². The molecule has 0 saturated heterocycles. The van der Waals surface area contributed by atoms with Crippen LogP contribution in [0.25, 0.3) is 0 Å². The molecular formula is C17H34N2. The summed E-state index contributed by atoms with van der Waals surface area (Å²) in [6.07, 6.45) is 16.7. The van der Waals surface area contributed by atoms with E-state index in [-0.39, 0.29) is 0 Å². The molecule has 0 atom stereocenters. The lowest BCUT2D eigenvalue weighted by molar-refractivity contribution is 0.0835. The molecule has 19 heavy (non-hydrogen) atoms. The summed E-state index contributed by atoms with van der Waals surface area (Å²) in [6.45, 7) is 3.65. The van der Waals surface area contributed by atoms with E-state index >= 15 is 0 Å². The Morgan fingerprint density at radius 3 is 1.89 bits per heavy atom. The zero-order valence-electron chi connectivity index (χ0n) is 12.9. The smallest absolute Gasteiger partial charge is 0.00993 e. The summed E-state index contributed by atoms with van der Waals surface area (Å²) in [4.78, 5) is 2.89. The molecule has 2 fully saturated rings. The van der Waals surface area contributed by atoms with E-state index in [2.05, 4.69) is 11.8 Å². The number of hydrogen-bond donors (Lipinski definition) is 1. The Labute approximate surface area is 120 Å². The van der Waals surface area contributed by atoms with Crippen LogP contribution in [0, 0.1) is 0 Å². The third kappa shape index (κ3) is 4.75. The van der Waals surface area contributed by atoms with Crippen molar-refractivity contribution >= 4 is 0 Å². The van der Waals surface area contributed by atoms with Crippen molar-refractivity contribution in [1.82, 2.24) is 4.90 Å². The van der Waals surface area contributed by atoms with Crippen molar-refractivity contribution in [2.24, 2.45) is 5.73 Å². The average Bonchev–Trinajstić information content (AvgIpc) is 2.38. The van der Waals surface area contributed by atoms with Gasteiger partial charge in [0.2, 0.25) is 0 Å². The lowest BCUT2D eigenvalue weighted by atomic mass is 9.87. The highest BCUT2D eigenvalue weighted by Gasteiger charge is 2.28. The minimum atomic E-state index is 0.483. The quantitative estimate of drug-likeness (QED) is 0.830. The molecule has 0 heterocycles. The maximum Gasteiger partial charge on any atom is 0.00993 e. The Hall–Kier alpha value is -0.0800. The summed E-state index contributed by atoms with van der Waals surface area (Å²) in [6, 6.07) is 2.20. The molecule has 0 bridgehead atoms. The van der Waals surface area contributed by atoms with Gasteiger partial charge in [0.15, 0.2) is 0 Å². The van der Waals surface area contributed by atoms with Gasteiger partial charge in [0.1, 0.15) is 0 Å². The fourth-order valence-corrected chi connectivity index (χ4v) is 4.12. The molecule has 0 aliphatic heterocycles. The van der Waals surface area contributed by atoms with Crippen LogP contribution in [0.4, 0.5) is 0 Å². The fraction of sp³-hybridized carbons (Fsp3) is 1.00. The highest BCUT2D eigenvalue weighted by Crippen LogP contribution is 2.29. The first kappa shape index (κ1) is 15.3. The summed E-state index contributed by atoms with van der Waals surface area (Å²) in [5.41, 5.74) is 6.08. The fourth-order valence-electron chi connectivity index (χ4n) is 4.12. The second-order valence-corrected chi connectivity index (χ2v) is 6.81. The van der Waals surface area contributed by atoms with E-state index in [1.807, 2.05) is 0 Å². The lowest BCUT2D eigenvalue weighted by Crippen LogP contribution is -2.47. The van der Waals surface area contributed by atoms with Crippen molar-refractivity contribution in [3.05, 3.63) is 0 Å². The van der Waals surface area contributed by atoms with Gasteiger partial charge in [-0.3, -0.25) is 4.90 Å². The van der Waals surface area contributed by atoms with Crippen LogP contribution < -0.4 is 5.73 Å². The van der Waals surface area contributed by atoms with E-state index in [1.54, 1.807) is 0 Å². The number of rotatable bonds is 4. The zero-order valence-corrected chi connectivity index (χ0v) is 12.9. The summed E-state index contributed by atoms with van der Waals surface area (Å²) >= 11 is 0. The predicted molar refractivity (Wildman–Crippen MR) is 83.3 cm³/mol. The second-order valence-electron chi connectivity index (χ2n) is 6.81. The molecule has 0 spiro atoms. The van der Waals surface area contributed by atoms with Crippen LogP contribution in [-0.2, 0) is 0 Å². The van der Waals surface area contributed by atoms with Gasteiger partial charge in [-0.25, -0.2) is 0 Å². The molecule has 2 saturated carbocycles. The molecule has 0 amide bonds. The highest BCUT2D eigenvalue weighted by atomic mass is 15.2. The Kier molecular flexibility index (Phi) is 6.66. The molecule has 2 heteroatoms. The normalized spacial score (nSPS) is 31.1. The average molecular weight is 266 g/mol. The Balaban J connectivity index is 1.92. The maximum atomic E-state index is 6.08.